The molecule has 0 radical (unpaired) electrons. The number of esters is 2. The van der Waals surface area contributed by atoms with Crippen molar-refractivity contribution in [2.24, 2.45) is 0 Å². The van der Waals surface area contributed by atoms with Crippen LogP contribution in [0.3, 0.4) is 0 Å². The summed E-state index contributed by atoms with van der Waals surface area (Å²) in [5.41, 5.74) is 0. The lowest BCUT2D eigenvalue weighted by Crippen LogP contribution is -2.38. The smallest absolute Gasteiger partial charge is 0.375 e. The molecule has 1 rings (SSSR count). The van der Waals surface area contributed by atoms with Gasteiger partial charge in [-0.3, -0.25) is 9.59 Å². The van der Waals surface area contributed by atoms with Crippen LogP contribution in [0, 0.1) is 0 Å². The second-order valence-electron chi connectivity index (χ2n) is 3.35. The van der Waals surface area contributed by atoms with Gasteiger partial charge in [-0.1, -0.05) is 0 Å². The zero-order valence-electron chi connectivity index (χ0n) is 8.78. The van der Waals surface area contributed by atoms with Gasteiger partial charge in [0, 0.05) is 6.92 Å². The highest BCUT2D eigenvalue weighted by Gasteiger charge is 2.49. The van der Waals surface area contributed by atoms with Crippen LogP contribution in [0.15, 0.2) is 0 Å². The Balaban J connectivity index is 2.76. The molecule has 1 heterocycles. The fourth-order valence-corrected chi connectivity index (χ4v) is 1.17. The SMILES string of the molecule is CC(=O)C(=O)OC1C(=O)OC(C(O)CO)C1=O. The summed E-state index contributed by atoms with van der Waals surface area (Å²) in [5, 5.41) is 17.8. The maximum Gasteiger partial charge on any atom is 0.375 e. The first-order chi connectivity index (χ1) is 7.88. The summed E-state index contributed by atoms with van der Waals surface area (Å²) in [4.78, 5) is 44.1. The number of hydrogen-bond donors (Lipinski definition) is 2. The molecule has 3 unspecified atom stereocenters. The van der Waals surface area contributed by atoms with Crippen LogP contribution in [0.4, 0.5) is 0 Å². The van der Waals surface area contributed by atoms with Gasteiger partial charge in [0.2, 0.25) is 11.6 Å². The Morgan fingerprint density at radius 1 is 1.47 bits per heavy atom. The van der Waals surface area contributed by atoms with Crippen LogP contribution in [0.5, 0.6) is 0 Å². The van der Waals surface area contributed by atoms with Crippen LogP contribution in [0.25, 0.3) is 0 Å². The van der Waals surface area contributed by atoms with Gasteiger partial charge in [0.1, 0.15) is 6.10 Å². The van der Waals surface area contributed by atoms with E-state index in [4.69, 9.17) is 10.2 Å². The summed E-state index contributed by atoms with van der Waals surface area (Å²) >= 11 is 0. The fraction of sp³-hybridized carbons (Fsp3) is 0.556. The second kappa shape index (κ2) is 5.02. The van der Waals surface area contributed by atoms with E-state index in [9.17, 15) is 19.2 Å². The molecule has 3 atom stereocenters. The maximum absolute atomic E-state index is 11.5. The Hall–Kier alpha value is -1.80. The Labute approximate surface area is 95.1 Å². The van der Waals surface area contributed by atoms with E-state index in [0.717, 1.165) is 6.92 Å². The molecule has 0 amide bonds. The van der Waals surface area contributed by atoms with Crippen molar-refractivity contribution in [1.29, 1.82) is 0 Å². The molecular weight excluding hydrogens is 236 g/mol. The summed E-state index contributed by atoms with van der Waals surface area (Å²) < 4.78 is 8.75. The number of aliphatic hydroxyl groups excluding tert-OH is 2. The third-order valence-electron chi connectivity index (χ3n) is 2.04. The van der Waals surface area contributed by atoms with E-state index in [0.29, 0.717) is 0 Å². The number of rotatable bonds is 4. The largest absolute Gasteiger partial charge is 0.448 e. The van der Waals surface area contributed by atoms with Crippen molar-refractivity contribution in [2.45, 2.75) is 25.2 Å². The number of aliphatic hydroxyl groups is 2. The number of cyclic esters (lactones) is 1. The number of ketones is 2. The van der Waals surface area contributed by atoms with Gasteiger partial charge in [0.05, 0.1) is 6.61 Å². The van der Waals surface area contributed by atoms with Crippen LogP contribution >= 0.6 is 0 Å². The van der Waals surface area contributed by atoms with Crippen molar-refractivity contribution in [2.75, 3.05) is 6.61 Å². The van der Waals surface area contributed by atoms with E-state index < -0.39 is 48.4 Å². The van der Waals surface area contributed by atoms with E-state index >= 15 is 0 Å². The third-order valence-corrected chi connectivity index (χ3v) is 2.04. The normalized spacial score (nSPS) is 25.4. The molecule has 8 nitrogen and oxygen atoms in total. The van der Waals surface area contributed by atoms with Crippen molar-refractivity contribution in [3.63, 3.8) is 0 Å². The number of hydrogen-bond acceptors (Lipinski definition) is 8. The Morgan fingerprint density at radius 3 is 2.53 bits per heavy atom. The lowest BCUT2D eigenvalue weighted by atomic mass is 10.1. The van der Waals surface area contributed by atoms with Crippen LogP contribution in [-0.4, -0.2) is 58.6 Å². The van der Waals surface area contributed by atoms with Crippen molar-refractivity contribution in [3.8, 4) is 0 Å². The summed E-state index contributed by atoms with van der Waals surface area (Å²) in [6.07, 6.45) is -5.04. The summed E-state index contributed by atoms with van der Waals surface area (Å²) in [5.74, 6) is -4.51. The molecule has 1 fully saturated rings. The standard InChI is InChI=1S/C9H10O8/c1-3(11)8(14)17-7-5(13)6(4(12)2-10)16-9(7)15/h4,6-7,10,12H,2H2,1H3. The molecule has 1 saturated heterocycles. The van der Waals surface area contributed by atoms with Crippen molar-refractivity contribution in [3.05, 3.63) is 0 Å². The Morgan fingerprint density at radius 2 is 2.06 bits per heavy atom. The Bertz CT molecular complexity index is 373. The predicted molar refractivity (Wildman–Crippen MR) is 48.5 cm³/mol. The average molecular weight is 246 g/mol. The number of ether oxygens (including phenoxy) is 2. The zero-order valence-corrected chi connectivity index (χ0v) is 8.78. The van der Waals surface area contributed by atoms with Crippen LogP contribution in [0.2, 0.25) is 0 Å². The van der Waals surface area contributed by atoms with Gasteiger partial charge >= 0.3 is 11.9 Å². The zero-order chi connectivity index (χ0) is 13.2. The highest BCUT2D eigenvalue weighted by atomic mass is 16.6. The van der Waals surface area contributed by atoms with E-state index in [1.54, 1.807) is 0 Å². The van der Waals surface area contributed by atoms with Crippen LogP contribution < -0.4 is 0 Å². The molecule has 0 bridgehead atoms. The quantitative estimate of drug-likeness (QED) is 0.312. The summed E-state index contributed by atoms with van der Waals surface area (Å²) in [6, 6.07) is 0. The van der Waals surface area contributed by atoms with E-state index in [2.05, 4.69) is 9.47 Å². The minimum Gasteiger partial charge on any atom is -0.448 e. The van der Waals surface area contributed by atoms with Gasteiger partial charge in [-0.15, -0.1) is 0 Å². The molecule has 0 aromatic rings. The van der Waals surface area contributed by atoms with Crippen molar-refractivity contribution >= 4 is 23.5 Å². The topological polar surface area (TPSA) is 127 Å². The lowest BCUT2D eigenvalue weighted by molar-refractivity contribution is -0.165. The summed E-state index contributed by atoms with van der Waals surface area (Å²) in [6.45, 7) is 0.115. The monoisotopic (exact) mass is 246 g/mol. The molecule has 0 spiro atoms. The first-order valence-corrected chi connectivity index (χ1v) is 4.63. The number of carbonyl (C=O) groups excluding carboxylic acids is 4. The number of carbonyl (C=O) groups is 4. The molecule has 94 valence electrons. The molecule has 1 aliphatic rings. The maximum atomic E-state index is 11.5. The predicted octanol–water partition coefficient (Wildman–Crippen LogP) is -2.67. The molecule has 2 N–H and O–H groups in total. The minimum atomic E-state index is -1.86. The van der Waals surface area contributed by atoms with Crippen LogP contribution in [0.1, 0.15) is 6.92 Å². The third kappa shape index (κ3) is 2.66. The molecule has 1 aliphatic heterocycles. The molecule has 0 aliphatic carbocycles. The van der Waals surface area contributed by atoms with E-state index in [1.807, 2.05) is 0 Å². The minimum absolute atomic E-state index is 0.795. The van der Waals surface area contributed by atoms with Gasteiger partial charge in [0.25, 0.3) is 6.10 Å². The molecule has 0 aromatic heterocycles. The van der Waals surface area contributed by atoms with Gasteiger partial charge < -0.3 is 19.7 Å². The van der Waals surface area contributed by atoms with Crippen LogP contribution in [-0.2, 0) is 28.7 Å². The number of Topliss-reactive ketones (excluding diaryl/α,β-unsaturated/α-hetero) is 2. The van der Waals surface area contributed by atoms with Gasteiger partial charge in [-0.05, 0) is 0 Å². The molecule has 17 heavy (non-hydrogen) atoms. The van der Waals surface area contributed by atoms with E-state index in [1.165, 1.54) is 0 Å². The molecular formula is C9H10O8. The van der Waals surface area contributed by atoms with Gasteiger partial charge in [-0.25, -0.2) is 9.59 Å². The average Bonchev–Trinajstić information content (AvgIpc) is 2.55. The fourth-order valence-electron chi connectivity index (χ4n) is 1.17. The second-order valence-corrected chi connectivity index (χ2v) is 3.35. The highest BCUT2D eigenvalue weighted by Crippen LogP contribution is 2.17. The van der Waals surface area contributed by atoms with Crippen molar-refractivity contribution < 1.29 is 38.9 Å². The van der Waals surface area contributed by atoms with Crippen molar-refractivity contribution in [1.82, 2.24) is 0 Å². The van der Waals surface area contributed by atoms with Gasteiger partial charge in [-0.2, -0.15) is 0 Å². The highest BCUT2D eigenvalue weighted by molar-refractivity contribution is 6.33. The lowest BCUT2D eigenvalue weighted by Gasteiger charge is -2.11. The molecule has 8 heteroatoms. The molecule has 0 aromatic carbocycles. The van der Waals surface area contributed by atoms with Gasteiger partial charge in [0.15, 0.2) is 6.10 Å². The first kappa shape index (κ1) is 13.3. The first-order valence-electron chi connectivity index (χ1n) is 4.63. The van der Waals surface area contributed by atoms with E-state index in [-0.39, 0.29) is 0 Å². The molecule has 0 saturated carbocycles. The summed E-state index contributed by atoms with van der Waals surface area (Å²) in [7, 11) is 0. The Kier molecular flexibility index (Phi) is 3.92.